The molecule has 0 aliphatic rings. The Bertz CT molecular complexity index is 575. The third-order valence-corrected chi connectivity index (χ3v) is 6.68. The molecule has 0 saturated heterocycles. The number of hydrogen-bond donors (Lipinski definition) is 0. The van der Waals surface area contributed by atoms with E-state index in [1.54, 1.807) is 24.3 Å². The maximum absolute atomic E-state index is 12.6. The average Bonchev–Trinajstić information content (AvgIpc) is 2.70. The van der Waals surface area contributed by atoms with Crippen molar-refractivity contribution < 1.29 is 12.6 Å². The minimum atomic E-state index is -3.67. The molecule has 1 aromatic carbocycles. The van der Waals surface area contributed by atoms with E-state index in [1.807, 2.05) is 6.07 Å². The summed E-state index contributed by atoms with van der Waals surface area (Å²) in [5.74, 6) is 0. The Balaban J connectivity index is 0.00000784. The standard InChI is InChI=1S/C24H42O3S.K/c1-3-5-7-9-11-13-16-20-23(19-15-12-10-8-6-4-2)27-28(25,26)24-21-17-14-18-22-24;/h14,17-18,21-23H,3-13,15-16,19-20H2,1-2H3;. The first-order valence-corrected chi connectivity index (χ1v) is 13.0. The van der Waals surface area contributed by atoms with Crippen molar-refractivity contribution in [3.8, 4) is 0 Å². The van der Waals surface area contributed by atoms with Gasteiger partial charge < -0.3 is 0 Å². The summed E-state index contributed by atoms with van der Waals surface area (Å²) in [5, 5.41) is 0. The van der Waals surface area contributed by atoms with Crippen LogP contribution in [0.2, 0.25) is 0 Å². The molecule has 1 atom stereocenters. The largest absolute Gasteiger partial charge is 0.297 e. The molecule has 0 heterocycles. The van der Waals surface area contributed by atoms with Crippen LogP contribution >= 0.6 is 0 Å². The van der Waals surface area contributed by atoms with Crippen molar-refractivity contribution in [1.82, 2.24) is 0 Å². The van der Waals surface area contributed by atoms with Gasteiger partial charge in [-0.2, -0.15) is 8.42 Å². The second kappa shape index (κ2) is 19.5. The van der Waals surface area contributed by atoms with Crippen LogP contribution in [0.3, 0.4) is 0 Å². The smallest absolute Gasteiger partial charge is 0.263 e. The molecule has 163 valence electrons. The van der Waals surface area contributed by atoms with Crippen molar-refractivity contribution in [3.63, 3.8) is 0 Å². The topological polar surface area (TPSA) is 43.4 Å². The molecule has 0 N–H and O–H groups in total. The summed E-state index contributed by atoms with van der Waals surface area (Å²) in [4.78, 5) is 0.266. The monoisotopic (exact) mass is 449 g/mol. The first-order valence-electron chi connectivity index (χ1n) is 11.6. The third-order valence-electron chi connectivity index (χ3n) is 5.30. The van der Waals surface area contributed by atoms with Crippen molar-refractivity contribution in [2.24, 2.45) is 0 Å². The molecule has 1 unspecified atom stereocenters. The first-order chi connectivity index (χ1) is 13.6. The van der Waals surface area contributed by atoms with E-state index in [0.717, 1.165) is 25.7 Å². The van der Waals surface area contributed by atoms with Crippen LogP contribution in [0.5, 0.6) is 0 Å². The average molecular weight is 450 g/mol. The predicted molar refractivity (Wildman–Crippen MR) is 125 cm³/mol. The maximum Gasteiger partial charge on any atom is 0.297 e. The zero-order valence-electron chi connectivity index (χ0n) is 19.2. The van der Waals surface area contributed by atoms with Crippen LogP contribution in [-0.4, -0.2) is 65.9 Å². The van der Waals surface area contributed by atoms with Gasteiger partial charge in [-0.05, 0) is 25.0 Å². The van der Waals surface area contributed by atoms with E-state index in [2.05, 4.69) is 13.8 Å². The minimum Gasteiger partial charge on any atom is -0.263 e. The van der Waals surface area contributed by atoms with Gasteiger partial charge in [0.1, 0.15) is 0 Å². The Morgan fingerprint density at radius 3 is 1.55 bits per heavy atom. The van der Waals surface area contributed by atoms with Gasteiger partial charge >= 0.3 is 0 Å². The fourth-order valence-electron chi connectivity index (χ4n) is 3.54. The molecule has 5 heteroatoms. The summed E-state index contributed by atoms with van der Waals surface area (Å²) >= 11 is 0. The van der Waals surface area contributed by atoms with Gasteiger partial charge in [-0.3, -0.25) is 4.18 Å². The van der Waals surface area contributed by atoms with Gasteiger partial charge in [0, 0.05) is 51.4 Å². The van der Waals surface area contributed by atoms with Gasteiger partial charge in [0.05, 0.1) is 11.0 Å². The molecule has 1 rings (SSSR count). The van der Waals surface area contributed by atoms with E-state index < -0.39 is 10.1 Å². The Kier molecular flexibility index (Phi) is 20.0. The Labute approximate surface area is 223 Å². The Hall–Kier alpha value is 0.766. The van der Waals surface area contributed by atoms with Crippen LogP contribution < -0.4 is 0 Å². The van der Waals surface area contributed by atoms with E-state index in [9.17, 15) is 8.42 Å². The van der Waals surface area contributed by atoms with Gasteiger partial charge in [0.25, 0.3) is 10.1 Å². The maximum atomic E-state index is 12.6. The molecule has 1 aromatic rings. The van der Waals surface area contributed by atoms with E-state index in [0.29, 0.717) is 0 Å². The van der Waals surface area contributed by atoms with Crippen molar-refractivity contribution in [3.05, 3.63) is 30.3 Å². The van der Waals surface area contributed by atoms with Crippen LogP contribution in [0.1, 0.15) is 110 Å². The van der Waals surface area contributed by atoms with E-state index >= 15 is 0 Å². The second-order valence-corrected chi connectivity index (χ2v) is 9.52. The molecule has 3 nitrogen and oxygen atoms in total. The summed E-state index contributed by atoms with van der Waals surface area (Å²) < 4.78 is 30.9. The fourth-order valence-corrected chi connectivity index (χ4v) is 4.70. The Morgan fingerprint density at radius 2 is 1.10 bits per heavy atom. The molecule has 0 saturated carbocycles. The van der Waals surface area contributed by atoms with Crippen LogP contribution in [-0.2, 0) is 14.3 Å². The molecular weight excluding hydrogens is 407 g/mol. The quantitative estimate of drug-likeness (QED) is 0.134. The van der Waals surface area contributed by atoms with Gasteiger partial charge in [-0.15, -0.1) is 0 Å². The normalized spacial score (nSPS) is 12.5. The van der Waals surface area contributed by atoms with E-state index in [4.69, 9.17) is 4.18 Å². The van der Waals surface area contributed by atoms with Crippen molar-refractivity contribution in [1.29, 1.82) is 0 Å². The molecule has 1 radical (unpaired) electrons. The molecule has 0 amide bonds. The van der Waals surface area contributed by atoms with Gasteiger partial charge in [0.2, 0.25) is 0 Å². The number of hydrogen-bond acceptors (Lipinski definition) is 3. The molecule has 0 aliphatic heterocycles. The summed E-state index contributed by atoms with van der Waals surface area (Å²) in [6.45, 7) is 4.46. The van der Waals surface area contributed by atoms with Crippen LogP contribution in [0.25, 0.3) is 0 Å². The zero-order valence-corrected chi connectivity index (χ0v) is 23.1. The van der Waals surface area contributed by atoms with Crippen LogP contribution in [0.15, 0.2) is 35.2 Å². The summed E-state index contributed by atoms with van der Waals surface area (Å²) in [6.07, 6.45) is 17.4. The first kappa shape index (κ1) is 29.8. The van der Waals surface area contributed by atoms with Gasteiger partial charge in [-0.25, -0.2) is 0 Å². The molecule has 0 fully saturated rings. The third kappa shape index (κ3) is 15.2. The number of benzene rings is 1. The van der Waals surface area contributed by atoms with Crippen molar-refractivity contribution in [2.75, 3.05) is 0 Å². The summed E-state index contributed by atoms with van der Waals surface area (Å²) in [5.41, 5.74) is 0. The van der Waals surface area contributed by atoms with Crippen LogP contribution in [0, 0.1) is 0 Å². The second-order valence-electron chi connectivity index (χ2n) is 7.95. The number of rotatable bonds is 18. The SMILES string of the molecule is CCCCCCCCCC(CCCCCCCC)OS(=O)(=O)c1ccccc1.[K]. The molecular formula is C24H42KO3S. The van der Waals surface area contributed by atoms with Crippen molar-refractivity contribution in [2.45, 2.75) is 121 Å². The minimum absolute atomic E-state index is 0. The van der Waals surface area contributed by atoms with E-state index in [-0.39, 0.29) is 62.4 Å². The molecule has 29 heavy (non-hydrogen) atoms. The van der Waals surface area contributed by atoms with Crippen molar-refractivity contribution >= 4 is 61.5 Å². The fraction of sp³-hybridized carbons (Fsp3) is 0.750. The summed E-state index contributed by atoms with van der Waals surface area (Å²) in [6, 6.07) is 8.55. The van der Waals surface area contributed by atoms with Gasteiger partial charge in [0.15, 0.2) is 0 Å². The predicted octanol–water partition coefficient (Wildman–Crippen LogP) is 7.27. The van der Waals surface area contributed by atoms with Gasteiger partial charge in [-0.1, -0.05) is 116 Å². The van der Waals surface area contributed by atoms with E-state index in [1.165, 1.54) is 70.6 Å². The Morgan fingerprint density at radius 1 is 0.690 bits per heavy atom. The molecule has 0 aromatic heterocycles. The molecule has 0 aliphatic carbocycles. The molecule has 0 bridgehead atoms. The summed E-state index contributed by atoms with van der Waals surface area (Å²) in [7, 11) is -3.67. The number of unbranched alkanes of at least 4 members (excludes halogenated alkanes) is 11. The zero-order chi connectivity index (χ0) is 20.5. The van der Waals surface area contributed by atoms with Crippen LogP contribution in [0.4, 0.5) is 0 Å². The molecule has 0 spiro atoms.